The van der Waals surface area contributed by atoms with Gasteiger partial charge in [-0.1, -0.05) is 23.2 Å². The number of nitrogens with zero attached hydrogens (tertiary/aromatic N) is 1. The first-order valence-electron chi connectivity index (χ1n) is 5.45. The zero-order valence-corrected chi connectivity index (χ0v) is 13.2. The number of nitrogens with two attached hydrogens (primary N) is 1. The average molecular weight is 404 g/mol. The number of nitrogens with one attached hydrogen (secondary N) is 1. The average Bonchev–Trinajstić information content (AvgIpc) is 2.76. The molecule has 3 N–H and O–H groups in total. The Hall–Kier alpha value is -0.980. The van der Waals surface area contributed by atoms with Crippen molar-refractivity contribution in [3.63, 3.8) is 0 Å². The van der Waals surface area contributed by atoms with Crippen LogP contribution in [0.5, 0.6) is 0 Å². The van der Waals surface area contributed by atoms with Crippen LogP contribution in [-0.2, 0) is 0 Å². The van der Waals surface area contributed by atoms with Gasteiger partial charge in [0.1, 0.15) is 11.3 Å². The van der Waals surface area contributed by atoms with Crippen molar-refractivity contribution < 1.29 is 0 Å². The van der Waals surface area contributed by atoms with Gasteiger partial charge in [0.15, 0.2) is 0 Å². The molecule has 0 saturated heterocycles. The summed E-state index contributed by atoms with van der Waals surface area (Å²) in [6.45, 7) is 0. The molecule has 0 aliphatic rings. The third kappa shape index (κ3) is 2.40. The van der Waals surface area contributed by atoms with E-state index >= 15 is 0 Å². The number of benzene rings is 2. The molecule has 0 bridgehead atoms. The van der Waals surface area contributed by atoms with Crippen LogP contribution in [0, 0.1) is 3.57 Å². The van der Waals surface area contributed by atoms with Gasteiger partial charge in [-0.3, -0.25) is 0 Å². The Balaban J connectivity index is 2.26. The van der Waals surface area contributed by atoms with Crippen molar-refractivity contribution >= 4 is 62.5 Å². The molecule has 0 aliphatic carbocycles. The van der Waals surface area contributed by atoms with Crippen molar-refractivity contribution in [2.24, 2.45) is 0 Å². The standard InChI is InChI=1S/C13H8Cl2IN3/c14-6-1-2-9(16)8(3-6)13-18-11-5-7(15)4-10(17)12(11)19-13/h1-5H,17H2,(H,18,19). The molecule has 0 saturated carbocycles. The number of nitrogen functional groups attached to an aromatic ring is 1. The SMILES string of the molecule is Nc1cc(Cl)cc2[nH]c(-c3cc(Cl)ccc3I)nc12. The predicted molar refractivity (Wildman–Crippen MR) is 88.7 cm³/mol. The molecular weight excluding hydrogens is 396 g/mol. The fourth-order valence-electron chi connectivity index (χ4n) is 1.91. The summed E-state index contributed by atoms with van der Waals surface area (Å²) >= 11 is 14.3. The van der Waals surface area contributed by atoms with Crippen LogP contribution >= 0.6 is 45.8 Å². The van der Waals surface area contributed by atoms with E-state index in [1.54, 1.807) is 12.1 Å². The largest absolute Gasteiger partial charge is 0.397 e. The van der Waals surface area contributed by atoms with Crippen LogP contribution in [0.2, 0.25) is 10.0 Å². The summed E-state index contributed by atoms with van der Waals surface area (Å²) in [6, 6.07) is 9.17. The second-order valence-electron chi connectivity index (χ2n) is 4.10. The highest BCUT2D eigenvalue weighted by Crippen LogP contribution is 2.30. The van der Waals surface area contributed by atoms with Crippen molar-refractivity contribution in [3.05, 3.63) is 43.9 Å². The minimum absolute atomic E-state index is 0.557. The Bertz CT molecular complexity index is 783. The van der Waals surface area contributed by atoms with Gasteiger partial charge in [0.05, 0.1) is 11.2 Å². The summed E-state index contributed by atoms with van der Waals surface area (Å²) in [5, 5.41) is 1.25. The summed E-state index contributed by atoms with van der Waals surface area (Å²) in [7, 11) is 0. The van der Waals surface area contributed by atoms with E-state index in [9.17, 15) is 0 Å². The molecule has 0 unspecified atom stereocenters. The van der Waals surface area contributed by atoms with E-state index in [2.05, 4.69) is 32.6 Å². The van der Waals surface area contributed by atoms with Crippen LogP contribution < -0.4 is 5.73 Å². The third-order valence-electron chi connectivity index (χ3n) is 2.76. The first kappa shape index (κ1) is 13.0. The monoisotopic (exact) mass is 403 g/mol. The molecule has 0 radical (unpaired) electrons. The molecule has 1 heterocycles. The van der Waals surface area contributed by atoms with Crippen molar-refractivity contribution in [3.8, 4) is 11.4 Å². The van der Waals surface area contributed by atoms with Crippen molar-refractivity contribution in [1.82, 2.24) is 9.97 Å². The second-order valence-corrected chi connectivity index (χ2v) is 6.14. The highest BCUT2D eigenvalue weighted by molar-refractivity contribution is 14.1. The number of aromatic nitrogens is 2. The van der Waals surface area contributed by atoms with E-state index in [-0.39, 0.29) is 0 Å². The minimum atomic E-state index is 0.557. The van der Waals surface area contributed by atoms with E-state index in [1.165, 1.54) is 0 Å². The molecule has 3 nitrogen and oxygen atoms in total. The van der Waals surface area contributed by atoms with Crippen LogP contribution in [0.3, 0.4) is 0 Å². The lowest BCUT2D eigenvalue weighted by Gasteiger charge is -2.01. The fraction of sp³-hybridized carbons (Fsp3) is 0. The lowest BCUT2D eigenvalue weighted by molar-refractivity contribution is 1.33. The number of aromatic amines is 1. The number of rotatable bonds is 1. The van der Waals surface area contributed by atoms with Gasteiger partial charge in [-0.15, -0.1) is 0 Å². The molecule has 0 atom stereocenters. The summed E-state index contributed by atoms with van der Waals surface area (Å²) in [6.07, 6.45) is 0. The van der Waals surface area contributed by atoms with Gasteiger partial charge in [0, 0.05) is 19.2 Å². The van der Waals surface area contributed by atoms with Crippen molar-refractivity contribution in [1.29, 1.82) is 0 Å². The number of halogens is 3. The highest BCUT2D eigenvalue weighted by atomic mass is 127. The van der Waals surface area contributed by atoms with Gasteiger partial charge < -0.3 is 10.7 Å². The Morgan fingerprint density at radius 2 is 1.89 bits per heavy atom. The fourth-order valence-corrected chi connectivity index (χ4v) is 2.90. The lowest BCUT2D eigenvalue weighted by Crippen LogP contribution is -1.87. The Kier molecular flexibility index (Phi) is 3.32. The predicted octanol–water partition coefficient (Wildman–Crippen LogP) is 4.72. The summed E-state index contributed by atoms with van der Waals surface area (Å²) in [4.78, 5) is 7.75. The molecule has 0 amide bonds. The van der Waals surface area contributed by atoms with Gasteiger partial charge in [-0.05, 0) is 52.9 Å². The van der Waals surface area contributed by atoms with Gasteiger partial charge in [0.25, 0.3) is 0 Å². The molecule has 6 heteroatoms. The van der Waals surface area contributed by atoms with Gasteiger partial charge in [-0.2, -0.15) is 0 Å². The zero-order chi connectivity index (χ0) is 13.6. The second kappa shape index (κ2) is 4.85. The number of imidazole rings is 1. The lowest BCUT2D eigenvalue weighted by atomic mass is 10.2. The Morgan fingerprint density at radius 1 is 1.11 bits per heavy atom. The molecule has 0 fully saturated rings. The molecule has 19 heavy (non-hydrogen) atoms. The van der Waals surface area contributed by atoms with Gasteiger partial charge in [-0.25, -0.2) is 4.98 Å². The maximum Gasteiger partial charge on any atom is 0.139 e. The number of hydrogen-bond donors (Lipinski definition) is 2. The van der Waals surface area contributed by atoms with E-state index in [1.807, 2.05) is 18.2 Å². The summed E-state index contributed by atoms with van der Waals surface area (Å²) < 4.78 is 1.06. The highest BCUT2D eigenvalue weighted by Gasteiger charge is 2.11. The molecule has 3 rings (SSSR count). The molecule has 0 spiro atoms. The first-order valence-corrected chi connectivity index (χ1v) is 7.28. The van der Waals surface area contributed by atoms with Crippen LogP contribution in [-0.4, -0.2) is 9.97 Å². The Morgan fingerprint density at radius 3 is 2.68 bits per heavy atom. The van der Waals surface area contributed by atoms with Crippen molar-refractivity contribution in [2.45, 2.75) is 0 Å². The van der Waals surface area contributed by atoms with Crippen LogP contribution in [0.1, 0.15) is 0 Å². The number of fused-ring (bicyclic) bond motifs is 1. The van der Waals surface area contributed by atoms with E-state index in [4.69, 9.17) is 28.9 Å². The molecular formula is C13H8Cl2IN3. The first-order chi connectivity index (χ1) is 9.04. The maximum atomic E-state index is 6.03. The quantitative estimate of drug-likeness (QED) is 0.456. The van der Waals surface area contributed by atoms with Crippen molar-refractivity contribution in [2.75, 3.05) is 5.73 Å². The van der Waals surface area contributed by atoms with Gasteiger partial charge >= 0.3 is 0 Å². The maximum absolute atomic E-state index is 6.03. The van der Waals surface area contributed by atoms with E-state index in [0.717, 1.165) is 26.0 Å². The molecule has 1 aromatic heterocycles. The molecule has 2 aromatic carbocycles. The third-order valence-corrected chi connectivity index (χ3v) is 4.16. The Labute approximate surface area is 133 Å². The van der Waals surface area contributed by atoms with Gasteiger partial charge in [0.2, 0.25) is 0 Å². The minimum Gasteiger partial charge on any atom is -0.397 e. The smallest absolute Gasteiger partial charge is 0.139 e. The molecule has 96 valence electrons. The normalized spacial score (nSPS) is 11.1. The zero-order valence-electron chi connectivity index (χ0n) is 9.55. The molecule has 0 aliphatic heterocycles. The number of anilines is 1. The number of hydrogen-bond acceptors (Lipinski definition) is 2. The van der Waals surface area contributed by atoms with Crippen LogP contribution in [0.25, 0.3) is 22.4 Å². The number of H-pyrrole nitrogens is 1. The topological polar surface area (TPSA) is 54.7 Å². The molecule has 3 aromatic rings. The van der Waals surface area contributed by atoms with Crippen LogP contribution in [0.15, 0.2) is 30.3 Å². The van der Waals surface area contributed by atoms with E-state index < -0.39 is 0 Å². The summed E-state index contributed by atoms with van der Waals surface area (Å²) in [5.41, 5.74) is 8.96. The summed E-state index contributed by atoms with van der Waals surface area (Å²) in [5.74, 6) is 0.732. The van der Waals surface area contributed by atoms with E-state index in [0.29, 0.717) is 15.7 Å². The van der Waals surface area contributed by atoms with Crippen LogP contribution in [0.4, 0.5) is 5.69 Å².